The highest BCUT2D eigenvalue weighted by atomic mass is 32.1. The van der Waals surface area contributed by atoms with Crippen molar-refractivity contribution in [3.8, 4) is 0 Å². The van der Waals surface area contributed by atoms with Gasteiger partial charge in [-0.05, 0) is 57.5 Å². The summed E-state index contributed by atoms with van der Waals surface area (Å²) in [7, 11) is 0. The number of aromatic nitrogens is 1. The topological polar surface area (TPSA) is 28.2 Å². The van der Waals surface area contributed by atoms with E-state index in [2.05, 4.69) is 53.3 Å². The SMILES string of the molecule is Cc1nc(C)c(CNc2ccc(CN3CCCC3)cc2)s1. The minimum atomic E-state index is 0.864. The van der Waals surface area contributed by atoms with Crippen molar-refractivity contribution in [2.24, 2.45) is 0 Å². The highest BCUT2D eigenvalue weighted by Crippen LogP contribution is 2.20. The Labute approximate surface area is 131 Å². The van der Waals surface area contributed by atoms with E-state index in [-0.39, 0.29) is 0 Å². The van der Waals surface area contributed by atoms with Gasteiger partial charge in [-0.15, -0.1) is 11.3 Å². The van der Waals surface area contributed by atoms with Crippen molar-refractivity contribution >= 4 is 17.0 Å². The molecule has 0 aliphatic carbocycles. The van der Waals surface area contributed by atoms with E-state index in [1.807, 2.05) is 0 Å². The van der Waals surface area contributed by atoms with Crippen molar-refractivity contribution in [3.63, 3.8) is 0 Å². The number of aryl methyl sites for hydroxylation is 2. The third kappa shape index (κ3) is 3.83. The van der Waals surface area contributed by atoms with Gasteiger partial charge in [-0.2, -0.15) is 0 Å². The average Bonchev–Trinajstić information content (AvgIpc) is 3.08. The molecule has 112 valence electrons. The molecule has 0 saturated carbocycles. The van der Waals surface area contributed by atoms with Gasteiger partial charge in [0.05, 0.1) is 17.2 Å². The summed E-state index contributed by atoms with van der Waals surface area (Å²) in [4.78, 5) is 8.33. The molecule has 1 aliphatic heterocycles. The molecule has 1 fully saturated rings. The Morgan fingerprint density at radius 3 is 2.48 bits per heavy atom. The van der Waals surface area contributed by atoms with Gasteiger partial charge in [-0.3, -0.25) is 4.90 Å². The minimum Gasteiger partial charge on any atom is -0.380 e. The summed E-state index contributed by atoms with van der Waals surface area (Å²) in [6.07, 6.45) is 2.71. The lowest BCUT2D eigenvalue weighted by Gasteiger charge is -2.15. The van der Waals surface area contributed by atoms with Gasteiger partial charge in [-0.25, -0.2) is 4.98 Å². The predicted molar refractivity (Wildman–Crippen MR) is 89.9 cm³/mol. The van der Waals surface area contributed by atoms with Gasteiger partial charge in [0.25, 0.3) is 0 Å². The molecule has 0 amide bonds. The zero-order chi connectivity index (χ0) is 14.7. The van der Waals surface area contributed by atoms with Crippen LogP contribution in [0.15, 0.2) is 24.3 Å². The second kappa shape index (κ2) is 6.58. The van der Waals surface area contributed by atoms with E-state index in [1.165, 1.54) is 42.1 Å². The number of nitrogens with one attached hydrogen (secondary N) is 1. The van der Waals surface area contributed by atoms with E-state index >= 15 is 0 Å². The summed E-state index contributed by atoms with van der Waals surface area (Å²) in [5.74, 6) is 0. The number of hydrogen-bond donors (Lipinski definition) is 1. The predicted octanol–water partition coefficient (Wildman–Crippen LogP) is 3.97. The van der Waals surface area contributed by atoms with E-state index in [0.717, 1.165) is 23.8 Å². The molecule has 0 bridgehead atoms. The molecule has 0 radical (unpaired) electrons. The summed E-state index contributed by atoms with van der Waals surface area (Å²) in [5.41, 5.74) is 3.74. The Morgan fingerprint density at radius 2 is 1.86 bits per heavy atom. The molecule has 0 unspecified atom stereocenters. The maximum atomic E-state index is 4.47. The first-order valence-corrected chi connectivity index (χ1v) is 8.50. The maximum absolute atomic E-state index is 4.47. The quantitative estimate of drug-likeness (QED) is 0.906. The lowest BCUT2D eigenvalue weighted by molar-refractivity contribution is 0.331. The minimum absolute atomic E-state index is 0.864. The molecule has 1 N–H and O–H groups in total. The first kappa shape index (κ1) is 14.5. The Morgan fingerprint density at radius 1 is 1.14 bits per heavy atom. The second-order valence-corrected chi connectivity index (χ2v) is 7.06. The van der Waals surface area contributed by atoms with Crippen LogP contribution in [0.25, 0.3) is 0 Å². The molecular weight excluding hydrogens is 278 g/mol. The Kier molecular flexibility index (Phi) is 4.56. The first-order valence-electron chi connectivity index (χ1n) is 7.69. The van der Waals surface area contributed by atoms with Gasteiger partial charge >= 0.3 is 0 Å². The lowest BCUT2D eigenvalue weighted by Crippen LogP contribution is -2.18. The van der Waals surface area contributed by atoms with Crippen LogP contribution in [-0.4, -0.2) is 23.0 Å². The van der Waals surface area contributed by atoms with Gasteiger partial charge in [-0.1, -0.05) is 12.1 Å². The number of anilines is 1. The maximum Gasteiger partial charge on any atom is 0.0900 e. The third-order valence-electron chi connectivity index (χ3n) is 4.01. The van der Waals surface area contributed by atoms with Crippen molar-refractivity contribution in [1.29, 1.82) is 0 Å². The largest absolute Gasteiger partial charge is 0.380 e. The van der Waals surface area contributed by atoms with Crippen LogP contribution in [0.1, 0.15) is 34.0 Å². The van der Waals surface area contributed by atoms with E-state index < -0.39 is 0 Å². The molecule has 2 heterocycles. The molecule has 1 aliphatic rings. The summed E-state index contributed by atoms with van der Waals surface area (Å²) in [6, 6.07) is 8.86. The third-order valence-corrected chi connectivity index (χ3v) is 5.08. The van der Waals surface area contributed by atoms with E-state index in [1.54, 1.807) is 11.3 Å². The van der Waals surface area contributed by atoms with E-state index in [9.17, 15) is 0 Å². The zero-order valence-electron chi connectivity index (χ0n) is 12.9. The summed E-state index contributed by atoms with van der Waals surface area (Å²) in [5, 5.41) is 4.64. The number of hydrogen-bond acceptors (Lipinski definition) is 4. The molecule has 1 aromatic heterocycles. The molecule has 3 nitrogen and oxygen atoms in total. The van der Waals surface area contributed by atoms with Gasteiger partial charge < -0.3 is 5.32 Å². The number of benzene rings is 1. The van der Waals surface area contributed by atoms with Crippen molar-refractivity contribution in [2.45, 2.75) is 39.8 Å². The second-order valence-electron chi connectivity index (χ2n) is 5.78. The van der Waals surface area contributed by atoms with E-state index in [0.29, 0.717) is 0 Å². The summed E-state index contributed by atoms with van der Waals surface area (Å²) in [6.45, 7) is 8.61. The lowest BCUT2D eigenvalue weighted by atomic mass is 10.2. The number of thiazole rings is 1. The molecule has 1 aromatic carbocycles. The molecular formula is C17H23N3S. The first-order chi connectivity index (χ1) is 10.2. The van der Waals surface area contributed by atoms with Crippen LogP contribution in [0, 0.1) is 13.8 Å². The van der Waals surface area contributed by atoms with Gasteiger partial charge in [0.15, 0.2) is 0 Å². The standard InChI is InChI=1S/C17H23N3S/c1-13-17(21-14(2)19-13)11-18-16-7-5-15(6-8-16)12-20-9-3-4-10-20/h5-8,18H,3-4,9-12H2,1-2H3. The molecule has 1 saturated heterocycles. The van der Waals surface area contributed by atoms with Crippen LogP contribution in [0.3, 0.4) is 0 Å². The number of rotatable bonds is 5. The average molecular weight is 301 g/mol. The fraction of sp³-hybridized carbons (Fsp3) is 0.471. The van der Waals surface area contributed by atoms with E-state index in [4.69, 9.17) is 0 Å². The Hall–Kier alpha value is -1.39. The summed E-state index contributed by atoms with van der Waals surface area (Å²) >= 11 is 1.78. The van der Waals surface area contributed by atoms with Crippen LogP contribution in [0.2, 0.25) is 0 Å². The number of likely N-dealkylation sites (tertiary alicyclic amines) is 1. The smallest absolute Gasteiger partial charge is 0.0900 e. The fourth-order valence-electron chi connectivity index (χ4n) is 2.85. The van der Waals surface area contributed by atoms with Crippen LogP contribution in [0.5, 0.6) is 0 Å². The monoisotopic (exact) mass is 301 g/mol. The van der Waals surface area contributed by atoms with Crippen molar-refractivity contribution < 1.29 is 0 Å². The van der Waals surface area contributed by atoms with Crippen LogP contribution in [0.4, 0.5) is 5.69 Å². The highest BCUT2D eigenvalue weighted by Gasteiger charge is 2.11. The summed E-state index contributed by atoms with van der Waals surface area (Å²) < 4.78 is 0. The Bertz CT molecular complexity index is 583. The van der Waals surface area contributed by atoms with Gasteiger partial charge in [0.1, 0.15) is 0 Å². The Balaban J connectivity index is 1.55. The fourth-order valence-corrected chi connectivity index (χ4v) is 3.72. The molecule has 0 atom stereocenters. The molecule has 4 heteroatoms. The molecule has 2 aromatic rings. The van der Waals surface area contributed by atoms with Crippen LogP contribution >= 0.6 is 11.3 Å². The van der Waals surface area contributed by atoms with Crippen LogP contribution < -0.4 is 5.32 Å². The van der Waals surface area contributed by atoms with Gasteiger partial charge in [0.2, 0.25) is 0 Å². The zero-order valence-corrected chi connectivity index (χ0v) is 13.7. The highest BCUT2D eigenvalue weighted by molar-refractivity contribution is 7.11. The normalized spacial score (nSPS) is 15.5. The van der Waals surface area contributed by atoms with Gasteiger partial charge in [0, 0.05) is 17.1 Å². The number of nitrogens with zero attached hydrogens (tertiary/aromatic N) is 2. The molecule has 0 spiro atoms. The molecule has 3 rings (SSSR count). The van der Waals surface area contributed by atoms with Crippen molar-refractivity contribution in [1.82, 2.24) is 9.88 Å². The van der Waals surface area contributed by atoms with Crippen molar-refractivity contribution in [3.05, 3.63) is 45.4 Å². The van der Waals surface area contributed by atoms with Crippen molar-refractivity contribution in [2.75, 3.05) is 18.4 Å². The van der Waals surface area contributed by atoms with Crippen LogP contribution in [-0.2, 0) is 13.1 Å². The molecule has 21 heavy (non-hydrogen) atoms.